The lowest BCUT2D eigenvalue weighted by Gasteiger charge is -2.20. The van der Waals surface area contributed by atoms with E-state index < -0.39 is 0 Å². The van der Waals surface area contributed by atoms with E-state index in [9.17, 15) is 9.59 Å². The number of nitrogens with zero attached hydrogens (tertiary/aromatic N) is 1. The fraction of sp³-hybridized carbons (Fsp3) is 0.556. The Hall–Kier alpha value is -2.04. The zero-order valence-corrected chi connectivity index (χ0v) is 13.6. The summed E-state index contributed by atoms with van der Waals surface area (Å²) in [5.41, 5.74) is 2.00. The average molecular weight is 316 g/mol. The van der Waals surface area contributed by atoms with Gasteiger partial charge < -0.3 is 9.73 Å². The first kappa shape index (κ1) is 15.8. The molecule has 0 atom stereocenters. The monoisotopic (exact) mass is 316 g/mol. The molecule has 5 nitrogen and oxygen atoms in total. The van der Waals surface area contributed by atoms with Gasteiger partial charge in [-0.25, -0.2) is 4.79 Å². The van der Waals surface area contributed by atoms with Crippen molar-refractivity contribution in [1.82, 2.24) is 4.57 Å². The molecule has 124 valence electrons. The number of amides is 1. The van der Waals surface area contributed by atoms with Gasteiger partial charge in [-0.15, -0.1) is 0 Å². The number of rotatable bonds is 5. The first-order chi connectivity index (χ1) is 11.2. The van der Waals surface area contributed by atoms with E-state index >= 15 is 0 Å². The third kappa shape index (κ3) is 3.66. The third-order valence-electron chi connectivity index (χ3n) is 4.60. The Morgan fingerprint density at radius 3 is 2.83 bits per heavy atom. The third-order valence-corrected chi connectivity index (χ3v) is 4.60. The molecule has 5 heteroatoms. The van der Waals surface area contributed by atoms with Gasteiger partial charge in [0.2, 0.25) is 5.91 Å². The van der Waals surface area contributed by atoms with Crippen molar-refractivity contribution in [2.24, 2.45) is 5.92 Å². The molecular weight excluding hydrogens is 292 g/mol. The molecule has 0 spiro atoms. The van der Waals surface area contributed by atoms with Gasteiger partial charge in [0.1, 0.15) is 0 Å². The molecule has 1 fully saturated rings. The van der Waals surface area contributed by atoms with Gasteiger partial charge in [0.05, 0.1) is 5.52 Å². The highest BCUT2D eigenvalue weighted by molar-refractivity contribution is 5.92. The predicted molar refractivity (Wildman–Crippen MR) is 90.6 cm³/mol. The molecule has 1 aliphatic carbocycles. The fourth-order valence-corrected chi connectivity index (χ4v) is 3.44. The van der Waals surface area contributed by atoms with Crippen molar-refractivity contribution in [3.63, 3.8) is 0 Å². The maximum absolute atomic E-state index is 12.2. The van der Waals surface area contributed by atoms with Crippen LogP contribution in [0.5, 0.6) is 0 Å². The highest BCUT2D eigenvalue weighted by Crippen LogP contribution is 2.27. The van der Waals surface area contributed by atoms with Gasteiger partial charge in [-0.3, -0.25) is 9.36 Å². The number of aromatic nitrogens is 1. The molecule has 0 bridgehead atoms. The van der Waals surface area contributed by atoms with Crippen LogP contribution in [0.4, 0.5) is 5.69 Å². The number of nitrogens with one attached hydrogen (secondary N) is 1. The van der Waals surface area contributed by atoms with Crippen LogP contribution in [-0.4, -0.2) is 10.5 Å². The van der Waals surface area contributed by atoms with E-state index in [0.29, 0.717) is 30.2 Å². The minimum absolute atomic E-state index is 0.0478. The van der Waals surface area contributed by atoms with E-state index in [2.05, 4.69) is 5.32 Å². The molecule has 1 heterocycles. The highest BCUT2D eigenvalue weighted by atomic mass is 16.4. The maximum Gasteiger partial charge on any atom is 0.419 e. The molecule has 1 aliphatic rings. The zero-order chi connectivity index (χ0) is 16.2. The van der Waals surface area contributed by atoms with Gasteiger partial charge in [0, 0.05) is 24.7 Å². The molecule has 0 radical (unpaired) electrons. The number of hydrogen-bond acceptors (Lipinski definition) is 3. The Kier molecular flexibility index (Phi) is 4.84. The van der Waals surface area contributed by atoms with Gasteiger partial charge in [-0.1, -0.05) is 26.2 Å². The minimum Gasteiger partial charge on any atom is -0.408 e. The van der Waals surface area contributed by atoms with Crippen LogP contribution in [0.15, 0.2) is 27.4 Å². The summed E-state index contributed by atoms with van der Waals surface area (Å²) in [5.74, 6) is 0.218. The normalized spacial score (nSPS) is 15.9. The average Bonchev–Trinajstić information content (AvgIpc) is 2.84. The summed E-state index contributed by atoms with van der Waals surface area (Å²) in [6.07, 6.45) is 7.53. The lowest BCUT2D eigenvalue weighted by Crippen LogP contribution is -2.18. The van der Waals surface area contributed by atoms with Crippen molar-refractivity contribution < 1.29 is 9.21 Å². The number of fused-ring (bicyclic) bond motifs is 1. The Balaban J connectivity index is 1.70. The molecule has 23 heavy (non-hydrogen) atoms. The molecule has 1 amide bonds. The molecule has 0 aliphatic heterocycles. The number of carbonyl (C=O) groups excluding carboxylic acids is 1. The van der Waals surface area contributed by atoms with Crippen LogP contribution in [0.3, 0.4) is 0 Å². The summed E-state index contributed by atoms with van der Waals surface area (Å²) in [7, 11) is 0. The van der Waals surface area contributed by atoms with Crippen LogP contribution in [0.25, 0.3) is 11.1 Å². The van der Waals surface area contributed by atoms with Crippen molar-refractivity contribution in [3.05, 3.63) is 28.7 Å². The van der Waals surface area contributed by atoms with Crippen molar-refractivity contribution in [1.29, 1.82) is 0 Å². The molecule has 0 saturated heterocycles. The van der Waals surface area contributed by atoms with Crippen molar-refractivity contribution in [2.75, 3.05) is 5.32 Å². The lowest BCUT2D eigenvalue weighted by molar-refractivity contribution is -0.117. The molecule has 1 N–H and O–H groups in total. The number of anilines is 1. The second-order valence-corrected chi connectivity index (χ2v) is 6.46. The maximum atomic E-state index is 12.2. The van der Waals surface area contributed by atoms with Crippen LogP contribution in [0.1, 0.15) is 51.9 Å². The molecule has 1 aromatic carbocycles. The smallest absolute Gasteiger partial charge is 0.408 e. The SMILES string of the molecule is CCCn1c(=O)oc2cc(NC(=O)CC3CCCCC3)ccc21. The summed E-state index contributed by atoms with van der Waals surface area (Å²) in [4.78, 5) is 24.0. The second-order valence-electron chi connectivity index (χ2n) is 6.46. The van der Waals surface area contributed by atoms with Gasteiger partial charge in [-0.2, -0.15) is 0 Å². The second kappa shape index (κ2) is 7.02. The summed E-state index contributed by atoms with van der Waals surface area (Å²) >= 11 is 0. The predicted octanol–water partition coefficient (Wildman–Crippen LogP) is 3.91. The molecule has 1 saturated carbocycles. The molecular formula is C18H24N2O3. The number of oxazole rings is 1. The first-order valence-corrected chi connectivity index (χ1v) is 8.60. The van der Waals surface area contributed by atoms with E-state index in [4.69, 9.17) is 4.42 Å². The lowest BCUT2D eigenvalue weighted by atomic mass is 9.87. The largest absolute Gasteiger partial charge is 0.419 e. The van der Waals surface area contributed by atoms with Crippen molar-refractivity contribution >= 4 is 22.7 Å². The van der Waals surface area contributed by atoms with Crippen LogP contribution < -0.4 is 11.1 Å². The Bertz CT molecular complexity index is 738. The summed E-state index contributed by atoms with van der Waals surface area (Å²) in [5, 5.41) is 2.93. The molecule has 1 aromatic heterocycles. The van der Waals surface area contributed by atoms with E-state index in [1.807, 2.05) is 19.1 Å². The minimum atomic E-state index is -0.340. The quantitative estimate of drug-likeness (QED) is 0.909. The van der Waals surface area contributed by atoms with Crippen LogP contribution in [0.2, 0.25) is 0 Å². The number of aryl methyl sites for hydroxylation is 1. The van der Waals surface area contributed by atoms with E-state index in [0.717, 1.165) is 24.8 Å². The Morgan fingerprint density at radius 1 is 1.30 bits per heavy atom. The van der Waals surface area contributed by atoms with Gasteiger partial charge >= 0.3 is 5.76 Å². The number of carbonyl (C=O) groups is 1. The van der Waals surface area contributed by atoms with Crippen LogP contribution in [0, 0.1) is 5.92 Å². The summed E-state index contributed by atoms with van der Waals surface area (Å²) in [6, 6.07) is 5.41. The van der Waals surface area contributed by atoms with E-state index in [-0.39, 0.29) is 11.7 Å². The van der Waals surface area contributed by atoms with Gasteiger partial charge in [-0.05, 0) is 37.3 Å². The zero-order valence-electron chi connectivity index (χ0n) is 13.6. The summed E-state index contributed by atoms with van der Waals surface area (Å²) < 4.78 is 6.91. The van der Waals surface area contributed by atoms with Crippen LogP contribution >= 0.6 is 0 Å². The Morgan fingerprint density at radius 2 is 2.09 bits per heavy atom. The topological polar surface area (TPSA) is 64.2 Å². The molecule has 0 unspecified atom stereocenters. The number of benzene rings is 1. The van der Waals surface area contributed by atoms with Crippen molar-refractivity contribution in [2.45, 2.75) is 58.4 Å². The number of hydrogen-bond donors (Lipinski definition) is 1. The first-order valence-electron chi connectivity index (χ1n) is 8.60. The Labute approximate surface area is 135 Å². The summed E-state index contributed by atoms with van der Waals surface area (Å²) in [6.45, 7) is 2.66. The van der Waals surface area contributed by atoms with E-state index in [1.165, 1.54) is 19.3 Å². The molecule has 3 rings (SSSR count). The van der Waals surface area contributed by atoms with Gasteiger partial charge in [0.15, 0.2) is 5.58 Å². The highest BCUT2D eigenvalue weighted by Gasteiger charge is 2.17. The van der Waals surface area contributed by atoms with Gasteiger partial charge in [0.25, 0.3) is 0 Å². The standard InChI is InChI=1S/C18H24N2O3/c1-2-10-20-15-9-8-14(12-16(15)23-18(20)22)19-17(21)11-13-6-4-3-5-7-13/h8-9,12-13H,2-7,10-11H2,1H3,(H,19,21). The fourth-order valence-electron chi connectivity index (χ4n) is 3.44. The van der Waals surface area contributed by atoms with Crippen molar-refractivity contribution in [3.8, 4) is 0 Å². The van der Waals surface area contributed by atoms with E-state index in [1.54, 1.807) is 10.6 Å². The van der Waals surface area contributed by atoms with Crippen LogP contribution in [-0.2, 0) is 11.3 Å². The molecule has 2 aromatic rings.